The van der Waals surface area contributed by atoms with Crippen LogP contribution in [-0.2, 0) is 4.79 Å². The summed E-state index contributed by atoms with van der Waals surface area (Å²) in [4.78, 5) is 29.6. The normalized spacial score (nSPS) is 20.3. The number of urea groups is 1. The Hall–Kier alpha value is -2.37. The molecule has 3 rings (SSSR count). The number of benzene rings is 1. The van der Waals surface area contributed by atoms with E-state index in [0.717, 1.165) is 69.2 Å². The maximum Gasteiger partial charge on any atom is 0.321 e. The van der Waals surface area contributed by atoms with E-state index in [2.05, 4.69) is 19.2 Å². The number of aryl methyl sites for hydroxylation is 1. The molecule has 32 heavy (non-hydrogen) atoms. The molecule has 6 heteroatoms. The standard InChI is InChI=1S/C26H40N4O2/c1-4-6-13-26(14-7-5-2)18-23(27)30(24(26)31)16-12-21-11-15-29(19-21)25(32)28-22-10-8-9-20(3)17-22/h8-10,17,21,27H,4-7,11-16,18-19H2,1-3H3,(H,28,32). The monoisotopic (exact) mass is 440 g/mol. The molecule has 176 valence electrons. The van der Waals surface area contributed by atoms with Crippen LogP contribution in [0.2, 0.25) is 0 Å². The van der Waals surface area contributed by atoms with Crippen LogP contribution >= 0.6 is 0 Å². The summed E-state index contributed by atoms with van der Waals surface area (Å²) < 4.78 is 0. The van der Waals surface area contributed by atoms with Crippen LogP contribution in [0, 0.1) is 23.7 Å². The van der Waals surface area contributed by atoms with Gasteiger partial charge in [0.15, 0.2) is 0 Å². The van der Waals surface area contributed by atoms with Gasteiger partial charge in [-0.1, -0.05) is 51.7 Å². The third kappa shape index (κ3) is 5.70. The summed E-state index contributed by atoms with van der Waals surface area (Å²) in [5, 5.41) is 11.5. The lowest BCUT2D eigenvalue weighted by atomic mass is 9.77. The van der Waals surface area contributed by atoms with Gasteiger partial charge in [0.1, 0.15) is 5.84 Å². The number of rotatable bonds is 10. The van der Waals surface area contributed by atoms with Crippen molar-refractivity contribution < 1.29 is 9.59 Å². The zero-order valence-corrected chi connectivity index (χ0v) is 20.1. The van der Waals surface area contributed by atoms with Crippen molar-refractivity contribution in [1.82, 2.24) is 9.80 Å². The van der Waals surface area contributed by atoms with Crippen molar-refractivity contribution in [2.45, 2.75) is 78.6 Å². The summed E-state index contributed by atoms with van der Waals surface area (Å²) in [6.45, 7) is 8.40. The highest BCUT2D eigenvalue weighted by Gasteiger charge is 2.48. The molecule has 2 aliphatic rings. The molecular weight excluding hydrogens is 400 g/mol. The van der Waals surface area contributed by atoms with Gasteiger partial charge < -0.3 is 15.1 Å². The summed E-state index contributed by atoms with van der Waals surface area (Å²) in [6.07, 6.45) is 8.45. The first kappa shape index (κ1) is 24.3. The summed E-state index contributed by atoms with van der Waals surface area (Å²) in [7, 11) is 0. The molecule has 0 aliphatic carbocycles. The molecule has 6 nitrogen and oxygen atoms in total. The number of amides is 3. The van der Waals surface area contributed by atoms with Gasteiger partial charge in [0, 0.05) is 31.7 Å². The zero-order chi connectivity index (χ0) is 23.1. The maximum atomic E-state index is 13.4. The van der Waals surface area contributed by atoms with Crippen molar-refractivity contribution in [2.75, 3.05) is 25.0 Å². The molecule has 0 radical (unpaired) electrons. The van der Waals surface area contributed by atoms with E-state index in [4.69, 9.17) is 5.41 Å². The van der Waals surface area contributed by atoms with E-state index in [0.29, 0.717) is 31.3 Å². The van der Waals surface area contributed by atoms with Gasteiger partial charge in [-0.3, -0.25) is 10.2 Å². The predicted octanol–water partition coefficient (Wildman–Crippen LogP) is 5.82. The van der Waals surface area contributed by atoms with Gasteiger partial charge in [0.25, 0.3) is 0 Å². The minimum absolute atomic E-state index is 0.0544. The lowest BCUT2D eigenvalue weighted by Crippen LogP contribution is -2.37. The van der Waals surface area contributed by atoms with Crippen LogP contribution in [0.4, 0.5) is 10.5 Å². The largest absolute Gasteiger partial charge is 0.324 e. The van der Waals surface area contributed by atoms with E-state index in [1.54, 1.807) is 4.90 Å². The molecule has 3 amide bonds. The lowest BCUT2D eigenvalue weighted by Gasteiger charge is -2.27. The first-order valence-electron chi connectivity index (χ1n) is 12.4. The SMILES string of the molecule is CCCCC1(CCCC)CC(=N)N(CCC2CCN(C(=O)Nc3cccc(C)c3)C2)C1=O. The Balaban J connectivity index is 1.52. The Labute approximate surface area is 193 Å². The van der Waals surface area contributed by atoms with Crippen molar-refractivity contribution in [1.29, 1.82) is 5.41 Å². The first-order valence-corrected chi connectivity index (χ1v) is 12.4. The van der Waals surface area contributed by atoms with Gasteiger partial charge in [-0.2, -0.15) is 0 Å². The number of carbonyl (C=O) groups is 2. The number of amidine groups is 1. The minimum Gasteiger partial charge on any atom is -0.324 e. The molecule has 0 spiro atoms. The number of anilines is 1. The Morgan fingerprint density at radius 1 is 1.22 bits per heavy atom. The fraction of sp³-hybridized carbons (Fsp3) is 0.654. The van der Waals surface area contributed by atoms with E-state index in [-0.39, 0.29) is 17.4 Å². The number of carbonyl (C=O) groups excluding carboxylic acids is 2. The Morgan fingerprint density at radius 3 is 2.59 bits per heavy atom. The van der Waals surface area contributed by atoms with Crippen LogP contribution in [-0.4, -0.2) is 47.2 Å². The second kappa shape index (κ2) is 11.0. The smallest absolute Gasteiger partial charge is 0.321 e. The Morgan fingerprint density at radius 2 is 1.94 bits per heavy atom. The van der Waals surface area contributed by atoms with Crippen molar-refractivity contribution in [3.63, 3.8) is 0 Å². The molecule has 0 saturated carbocycles. The first-order chi connectivity index (χ1) is 15.4. The van der Waals surface area contributed by atoms with Crippen LogP contribution in [0.15, 0.2) is 24.3 Å². The van der Waals surface area contributed by atoms with Crippen molar-refractivity contribution in [3.8, 4) is 0 Å². The average Bonchev–Trinajstić information content (AvgIpc) is 3.33. The van der Waals surface area contributed by atoms with Gasteiger partial charge in [0.05, 0.1) is 5.41 Å². The number of hydrogen-bond acceptors (Lipinski definition) is 3. The molecule has 2 heterocycles. The second-order valence-corrected chi connectivity index (χ2v) is 9.76. The highest BCUT2D eigenvalue weighted by atomic mass is 16.2. The van der Waals surface area contributed by atoms with Crippen molar-refractivity contribution in [2.24, 2.45) is 11.3 Å². The van der Waals surface area contributed by atoms with Crippen molar-refractivity contribution >= 4 is 23.5 Å². The van der Waals surface area contributed by atoms with E-state index in [1.165, 1.54) is 0 Å². The van der Waals surface area contributed by atoms with Gasteiger partial charge in [0.2, 0.25) is 5.91 Å². The van der Waals surface area contributed by atoms with Gasteiger partial charge in [-0.15, -0.1) is 0 Å². The molecule has 1 atom stereocenters. The predicted molar refractivity (Wildman–Crippen MR) is 130 cm³/mol. The number of likely N-dealkylation sites (tertiary alicyclic amines) is 2. The topological polar surface area (TPSA) is 76.5 Å². The fourth-order valence-electron chi connectivity index (χ4n) is 5.17. The van der Waals surface area contributed by atoms with Crippen LogP contribution in [0.1, 0.15) is 77.2 Å². The molecule has 2 aliphatic heterocycles. The number of nitrogens with one attached hydrogen (secondary N) is 2. The Kier molecular flexibility index (Phi) is 8.32. The van der Waals surface area contributed by atoms with E-state index < -0.39 is 0 Å². The molecular formula is C26H40N4O2. The maximum absolute atomic E-state index is 13.4. The Bertz CT molecular complexity index is 814. The van der Waals surface area contributed by atoms with Crippen molar-refractivity contribution in [3.05, 3.63) is 29.8 Å². The third-order valence-electron chi connectivity index (χ3n) is 7.15. The molecule has 1 unspecified atom stereocenters. The number of unbranched alkanes of at least 4 members (excludes halogenated alkanes) is 2. The number of hydrogen-bond donors (Lipinski definition) is 2. The molecule has 2 N–H and O–H groups in total. The molecule has 2 fully saturated rings. The molecule has 1 aromatic carbocycles. The fourth-order valence-corrected chi connectivity index (χ4v) is 5.17. The van der Waals surface area contributed by atoms with Crippen LogP contribution in [0.3, 0.4) is 0 Å². The van der Waals surface area contributed by atoms with Crippen LogP contribution in [0.25, 0.3) is 0 Å². The molecule has 0 bridgehead atoms. The lowest BCUT2D eigenvalue weighted by molar-refractivity contribution is -0.135. The summed E-state index contributed by atoms with van der Waals surface area (Å²) in [5.41, 5.74) is 1.59. The zero-order valence-electron chi connectivity index (χ0n) is 20.1. The highest BCUT2D eigenvalue weighted by molar-refractivity contribution is 6.07. The van der Waals surface area contributed by atoms with Crippen LogP contribution in [0.5, 0.6) is 0 Å². The molecule has 0 aromatic heterocycles. The summed E-state index contributed by atoms with van der Waals surface area (Å²) >= 11 is 0. The molecule has 2 saturated heterocycles. The second-order valence-electron chi connectivity index (χ2n) is 9.76. The van der Waals surface area contributed by atoms with E-state index >= 15 is 0 Å². The highest BCUT2D eigenvalue weighted by Crippen LogP contribution is 2.42. The quantitative estimate of drug-likeness (QED) is 0.481. The van der Waals surface area contributed by atoms with Crippen LogP contribution < -0.4 is 5.32 Å². The average molecular weight is 441 g/mol. The summed E-state index contributed by atoms with van der Waals surface area (Å²) in [5.74, 6) is 1.05. The minimum atomic E-state index is -0.349. The van der Waals surface area contributed by atoms with Gasteiger partial charge in [-0.25, -0.2) is 4.79 Å². The van der Waals surface area contributed by atoms with E-state index in [1.807, 2.05) is 36.1 Å². The third-order valence-corrected chi connectivity index (χ3v) is 7.15. The summed E-state index contributed by atoms with van der Waals surface area (Å²) in [6, 6.07) is 7.78. The van der Waals surface area contributed by atoms with Gasteiger partial charge in [-0.05, 0) is 56.2 Å². The number of nitrogens with zero attached hydrogens (tertiary/aromatic N) is 2. The molecule has 1 aromatic rings. The van der Waals surface area contributed by atoms with E-state index in [9.17, 15) is 9.59 Å². The van der Waals surface area contributed by atoms with Gasteiger partial charge >= 0.3 is 6.03 Å².